The summed E-state index contributed by atoms with van der Waals surface area (Å²) in [4.78, 5) is 4.87. The third-order valence-corrected chi connectivity index (χ3v) is 8.52. The number of rotatable bonds is 12. The molecule has 0 spiro atoms. The van der Waals surface area contributed by atoms with E-state index in [-0.39, 0.29) is 12.4 Å². The normalized spacial score (nSPS) is 14.3. The van der Waals surface area contributed by atoms with E-state index >= 15 is 0 Å². The molecule has 3 aromatic carbocycles. The Morgan fingerprint density at radius 2 is 1.65 bits per heavy atom. The number of aromatic nitrogens is 4. The van der Waals surface area contributed by atoms with Crippen LogP contribution in [0, 0.1) is 5.92 Å². The minimum absolute atomic E-state index is 0. The molecular weight excluding hydrogens is 556 g/mol. The number of halogens is 1. The van der Waals surface area contributed by atoms with E-state index in [1.807, 2.05) is 41.2 Å². The molecule has 1 fully saturated rings. The van der Waals surface area contributed by atoms with Gasteiger partial charge in [-0.05, 0) is 93.7 Å². The van der Waals surface area contributed by atoms with E-state index in [9.17, 15) is 0 Å². The molecule has 1 aliphatic heterocycles. The number of hydrogen-bond donors (Lipinski definition) is 0. The highest BCUT2D eigenvalue weighted by atomic mass is 35.5. The lowest BCUT2D eigenvalue weighted by Crippen LogP contribution is -2.33. The van der Waals surface area contributed by atoms with Crippen molar-refractivity contribution in [3.63, 3.8) is 0 Å². The molecule has 0 saturated carbocycles. The molecule has 1 saturated heterocycles. The molecule has 226 valence electrons. The van der Waals surface area contributed by atoms with Crippen molar-refractivity contribution in [1.82, 2.24) is 29.4 Å². The fourth-order valence-corrected chi connectivity index (χ4v) is 6.15. The van der Waals surface area contributed by atoms with Gasteiger partial charge in [-0.25, -0.2) is 4.68 Å². The number of benzene rings is 3. The van der Waals surface area contributed by atoms with Gasteiger partial charge in [0.2, 0.25) is 0 Å². The van der Waals surface area contributed by atoms with Gasteiger partial charge < -0.3 is 9.30 Å². The van der Waals surface area contributed by atoms with Crippen LogP contribution in [0.3, 0.4) is 0 Å². The molecule has 8 heteroatoms. The summed E-state index contributed by atoms with van der Waals surface area (Å²) in [5.41, 5.74) is 5.88. The molecule has 1 aliphatic rings. The molecule has 0 radical (unpaired) electrons. The molecule has 43 heavy (non-hydrogen) atoms. The molecule has 0 bridgehead atoms. The molecule has 6 rings (SSSR count). The molecular formula is C35H43ClN6O. The van der Waals surface area contributed by atoms with E-state index in [2.05, 4.69) is 93.4 Å². The van der Waals surface area contributed by atoms with Crippen LogP contribution in [-0.4, -0.2) is 56.1 Å². The van der Waals surface area contributed by atoms with E-state index < -0.39 is 0 Å². The van der Waals surface area contributed by atoms with Gasteiger partial charge in [-0.3, -0.25) is 9.80 Å². The number of nitrogens with zero attached hydrogens (tertiary/aromatic N) is 6. The van der Waals surface area contributed by atoms with Crippen LogP contribution in [0.2, 0.25) is 0 Å². The molecule has 0 unspecified atom stereocenters. The molecule has 0 N–H and O–H groups in total. The smallest absolute Gasteiger partial charge is 0.120 e. The van der Waals surface area contributed by atoms with E-state index in [0.29, 0.717) is 0 Å². The number of para-hydroxylation sites is 1. The van der Waals surface area contributed by atoms with Crippen LogP contribution in [0.25, 0.3) is 16.6 Å². The summed E-state index contributed by atoms with van der Waals surface area (Å²) < 4.78 is 10.3. The first kappa shape index (κ1) is 30.8. The van der Waals surface area contributed by atoms with Gasteiger partial charge in [-0.2, -0.15) is 0 Å². The van der Waals surface area contributed by atoms with Crippen LogP contribution >= 0.6 is 12.4 Å². The highest BCUT2D eigenvalue weighted by Gasteiger charge is 2.19. The van der Waals surface area contributed by atoms with Gasteiger partial charge in [0, 0.05) is 43.3 Å². The van der Waals surface area contributed by atoms with E-state index in [1.54, 1.807) is 0 Å². The van der Waals surface area contributed by atoms with Crippen molar-refractivity contribution in [2.45, 2.75) is 45.3 Å². The lowest BCUT2D eigenvalue weighted by molar-refractivity contribution is 0.166. The number of hydrogen-bond acceptors (Lipinski definition) is 5. The zero-order chi connectivity index (χ0) is 28.7. The van der Waals surface area contributed by atoms with Crippen LogP contribution in [0.5, 0.6) is 5.75 Å². The fourth-order valence-electron chi connectivity index (χ4n) is 6.15. The molecule has 0 atom stereocenters. The predicted molar refractivity (Wildman–Crippen MR) is 176 cm³/mol. The van der Waals surface area contributed by atoms with Crippen molar-refractivity contribution in [3.05, 3.63) is 108 Å². The summed E-state index contributed by atoms with van der Waals surface area (Å²) in [5, 5.41) is 9.90. The van der Waals surface area contributed by atoms with Crippen LogP contribution in [-0.2, 0) is 26.7 Å². The van der Waals surface area contributed by atoms with Crippen molar-refractivity contribution >= 4 is 23.3 Å². The summed E-state index contributed by atoms with van der Waals surface area (Å²) in [6, 6.07) is 29.7. The average molecular weight is 599 g/mol. The summed E-state index contributed by atoms with van der Waals surface area (Å²) in [7, 11) is 4.27. The van der Waals surface area contributed by atoms with E-state index in [4.69, 9.17) is 4.74 Å². The largest absolute Gasteiger partial charge is 0.494 e. The highest BCUT2D eigenvalue weighted by Crippen LogP contribution is 2.26. The molecule has 0 amide bonds. The third-order valence-electron chi connectivity index (χ3n) is 8.52. The Labute approximate surface area is 261 Å². The number of piperidine rings is 1. The number of likely N-dealkylation sites (tertiary alicyclic amines) is 1. The summed E-state index contributed by atoms with van der Waals surface area (Å²) in [5.74, 6) is 1.78. The van der Waals surface area contributed by atoms with Crippen molar-refractivity contribution in [2.75, 3.05) is 26.7 Å². The second-order valence-electron chi connectivity index (χ2n) is 11.8. The summed E-state index contributed by atoms with van der Waals surface area (Å²) in [6.07, 6.45) is 6.96. The maximum absolute atomic E-state index is 6.21. The Morgan fingerprint density at radius 1 is 0.907 bits per heavy atom. The van der Waals surface area contributed by atoms with E-state index in [0.717, 1.165) is 55.7 Å². The fraction of sp³-hybridized carbons (Fsp3) is 0.371. The van der Waals surface area contributed by atoms with Crippen molar-refractivity contribution in [1.29, 1.82) is 0 Å². The van der Waals surface area contributed by atoms with Gasteiger partial charge in [0.05, 0.1) is 24.2 Å². The SMILES string of the molecule is CN(Cc1cn(-c2ccccc2)nn1)Cc1cc2cc(OCCCC3CCN(Cc4ccccc4)CC3)ccc2n1C.Cl. The van der Waals surface area contributed by atoms with Crippen molar-refractivity contribution in [3.8, 4) is 11.4 Å². The highest BCUT2D eigenvalue weighted by molar-refractivity contribution is 5.85. The number of fused-ring (bicyclic) bond motifs is 1. The second kappa shape index (κ2) is 14.7. The first-order chi connectivity index (χ1) is 20.6. The number of aryl methyl sites for hydroxylation is 1. The zero-order valence-corrected chi connectivity index (χ0v) is 26.1. The zero-order valence-electron chi connectivity index (χ0n) is 25.3. The molecule has 3 heterocycles. The molecule has 5 aromatic rings. The first-order valence-corrected chi connectivity index (χ1v) is 15.2. The average Bonchev–Trinajstić information content (AvgIpc) is 3.61. The van der Waals surface area contributed by atoms with Crippen LogP contribution in [0.4, 0.5) is 0 Å². The second-order valence-corrected chi connectivity index (χ2v) is 11.8. The minimum atomic E-state index is 0. The quantitative estimate of drug-likeness (QED) is 0.146. The van der Waals surface area contributed by atoms with Gasteiger partial charge in [0.15, 0.2) is 0 Å². The van der Waals surface area contributed by atoms with Gasteiger partial charge in [-0.15, -0.1) is 17.5 Å². The predicted octanol–water partition coefficient (Wildman–Crippen LogP) is 6.88. The maximum atomic E-state index is 6.21. The van der Waals surface area contributed by atoms with Crippen molar-refractivity contribution in [2.24, 2.45) is 13.0 Å². The number of ether oxygens (including phenoxy) is 1. The van der Waals surface area contributed by atoms with Crippen LogP contribution < -0.4 is 4.74 Å². The topological polar surface area (TPSA) is 51.4 Å². The maximum Gasteiger partial charge on any atom is 0.120 e. The summed E-state index contributed by atoms with van der Waals surface area (Å²) in [6.45, 7) is 5.82. The van der Waals surface area contributed by atoms with Gasteiger partial charge >= 0.3 is 0 Å². The first-order valence-electron chi connectivity index (χ1n) is 15.2. The van der Waals surface area contributed by atoms with Crippen LogP contribution in [0.1, 0.15) is 42.6 Å². The Bertz CT molecular complexity index is 1560. The minimum Gasteiger partial charge on any atom is -0.494 e. The lowest BCUT2D eigenvalue weighted by atomic mass is 9.92. The monoisotopic (exact) mass is 598 g/mol. The third kappa shape index (κ3) is 8.05. The van der Waals surface area contributed by atoms with Crippen molar-refractivity contribution < 1.29 is 4.74 Å². The van der Waals surface area contributed by atoms with Crippen LogP contribution in [0.15, 0.2) is 91.1 Å². The Balaban J connectivity index is 0.00000368. The Morgan fingerprint density at radius 3 is 2.42 bits per heavy atom. The van der Waals surface area contributed by atoms with Gasteiger partial charge in [0.25, 0.3) is 0 Å². The standard InChI is InChI=1S/C35H42N6O.ClH/c1-38(25-31-26-41(37-36-31)32-13-7-4-8-14-32)27-33-22-30-23-34(15-16-35(30)39(33)2)42-21-9-12-28-17-19-40(20-18-28)24-29-10-5-3-6-11-29;/h3-8,10-11,13-16,22-23,26,28H,9,12,17-21,24-25,27H2,1-2H3;1H. The molecule has 7 nitrogen and oxygen atoms in total. The summed E-state index contributed by atoms with van der Waals surface area (Å²) >= 11 is 0. The molecule has 0 aliphatic carbocycles. The Hall–Kier alpha value is -3.65. The Kier molecular flexibility index (Phi) is 10.5. The molecule has 2 aromatic heterocycles. The van der Waals surface area contributed by atoms with Gasteiger partial charge in [0.1, 0.15) is 5.75 Å². The van der Waals surface area contributed by atoms with Gasteiger partial charge in [-0.1, -0.05) is 53.7 Å². The van der Waals surface area contributed by atoms with E-state index in [1.165, 1.54) is 54.5 Å². The lowest BCUT2D eigenvalue weighted by Gasteiger charge is -2.32.